The average molecular weight is 766 g/mol. The first-order valence-electron chi connectivity index (χ1n) is 20.4. The summed E-state index contributed by atoms with van der Waals surface area (Å²) in [6.07, 6.45) is 3.74. The van der Waals surface area contributed by atoms with E-state index in [2.05, 4.69) is 233 Å². The standard InChI is InChI=1S/C57H39N3/c1-3-15-40(16-4-1)50-22-7-8-23-51(50)52-33-32-49(60-56-26-11-9-24-53(56)54-25-10-12-27-57(54)60)38-55(52)44-17-13-21-47(37-44)59(46-19-5-2-6-20-46)48-31-30-41-35-42(28-29-43(41)36-48)45-18-14-34-58-39-45/h1-39H. The summed E-state index contributed by atoms with van der Waals surface area (Å²) in [5.41, 5.74) is 16.1. The number of hydrogen-bond acceptors (Lipinski definition) is 2. The summed E-state index contributed by atoms with van der Waals surface area (Å²) < 4.78 is 2.41. The topological polar surface area (TPSA) is 21.1 Å². The monoisotopic (exact) mass is 765 g/mol. The molecule has 0 N–H and O–H groups in total. The highest BCUT2D eigenvalue weighted by Crippen LogP contribution is 2.43. The van der Waals surface area contributed by atoms with Gasteiger partial charge in [-0.25, -0.2) is 0 Å². The first-order chi connectivity index (χ1) is 29.8. The molecule has 0 bridgehead atoms. The Kier molecular flexibility index (Phi) is 8.83. The minimum atomic E-state index is 1.08. The van der Waals surface area contributed by atoms with Crippen molar-refractivity contribution in [2.75, 3.05) is 4.90 Å². The molecule has 2 heterocycles. The summed E-state index contributed by atoms with van der Waals surface area (Å²) in [5.74, 6) is 0. The van der Waals surface area contributed by atoms with Gasteiger partial charge in [-0.1, -0.05) is 152 Å². The molecule has 0 radical (unpaired) electrons. The Morgan fingerprint density at radius 2 is 0.933 bits per heavy atom. The minimum Gasteiger partial charge on any atom is -0.310 e. The molecule has 0 aliphatic rings. The van der Waals surface area contributed by atoms with Crippen molar-refractivity contribution in [3.05, 3.63) is 237 Å². The Morgan fingerprint density at radius 3 is 1.70 bits per heavy atom. The van der Waals surface area contributed by atoms with Crippen LogP contribution in [0.1, 0.15) is 0 Å². The smallest absolute Gasteiger partial charge is 0.0541 e. The maximum Gasteiger partial charge on any atom is 0.0541 e. The van der Waals surface area contributed by atoms with Crippen molar-refractivity contribution in [1.29, 1.82) is 0 Å². The van der Waals surface area contributed by atoms with Gasteiger partial charge in [0.2, 0.25) is 0 Å². The zero-order valence-corrected chi connectivity index (χ0v) is 32.9. The summed E-state index contributed by atoms with van der Waals surface area (Å²) in [4.78, 5) is 6.72. The van der Waals surface area contributed by atoms with Crippen LogP contribution in [0, 0.1) is 0 Å². The molecule has 2 aromatic heterocycles. The SMILES string of the molecule is c1ccc(-c2ccccc2-c2ccc(-n3c4ccccc4c4ccccc43)cc2-c2cccc(N(c3ccccc3)c3ccc4cc(-c5cccnc5)ccc4c3)c2)cc1. The number of rotatable bonds is 8. The molecule has 11 aromatic rings. The third kappa shape index (κ3) is 6.30. The lowest BCUT2D eigenvalue weighted by molar-refractivity contribution is 1.18. The molecule has 3 heteroatoms. The zero-order chi connectivity index (χ0) is 39.8. The van der Waals surface area contributed by atoms with E-state index in [0.717, 1.165) is 45.0 Å². The molecule has 0 aliphatic carbocycles. The van der Waals surface area contributed by atoms with Gasteiger partial charge >= 0.3 is 0 Å². The van der Waals surface area contributed by atoms with Crippen LogP contribution in [0.4, 0.5) is 17.1 Å². The number of benzene rings is 9. The van der Waals surface area contributed by atoms with Crippen LogP contribution in [0.2, 0.25) is 0 Å². The van der Waals surface area contributed by atoms with Crippen LogP contribution in [-0.4, -0.2) is 9.55 Å². The molecular weight excluding hydrogens is 727 g/mol. The van der Waals surface area contributed by atoms with Crippen molar-refractivity contribution >= 4 is 49.6 Å². The number of fused-ring (bicyclic) bond motifs is 4. The van der Waals surface area contributed by atoms with E-state index in [1.165, 1.54) is 54.8 Å². The van der Waals surface area contributed by atoms with Gasteiger partial charge in [0.15, 0.2) is 0 Å². The Bertz CT molecular complexity index is 3260. The van der Waals surface area contributed by atoms with Crippen LogP contribution in [0.3, 0.4) is 0 Å². The Balaban J connectivity index is 1.10. The normalized spacial score (nSPS) is 11.3. The lowest BCUT2D eigenvalue weighted by atomic mass is 9.89. The van der Waals surface area contributed by atoms with Crippen molar-refractivity contribution in [3.63, 3.8) is 0 Å². The van der Waals surface area contributed by atoms with Gasteiger partial charge in [0.25, 0.3) is 0 Å². The van der Waals surface area contributed by atoms with Crippen molar-refractivity contribution in [3.8, 4) is 50.2 Å². The quantitative estimate of drug-likeness (QED) is 0.154. The highest BCUT2D eigenvalue weighted by molar-refractivity contribution is 6.09. The second-order valence-corrected chi connectivity index (χ2v) is 15.2. The van der Waals surface area contributed by atoms with Gasteiger partial charge in [0.1, 0.15) is 0 Å². The third-order valence-electron chi connectivity index (χ3n) is 11.7. The van der Waals surface area contributed by atoms with E-state index < -0.39 is 0 Å². The summed E-state index contributed by atoms with van der Waals surface area (Å²) in [7, 11) is 0. The zero-order valence-electron chi connectivity index (χ0n) is 32.9. The van der Waals surface area contributed by atoms with Crippen LogP contribution in [0.25, 0.3) is 82.8 Å². The molecule has 0 spiro atoms. The van der Waals surface area contributed by atoms with Gasteiger partial charge < -0.3 is 9.47 Å². The van der Waals surface area contributed by atoms with E-state index in [-0.39, 0.29) is 0 Å². The average Bonchev–Trinajstić information content (AvgIpc) is 3.67. The highest BCUT2D eigenvalue weighted by atomic mass is 15.1. The molecule has 0 aliphatic heterocycles. The molecule has 0 fully saturated rings. The molecule has 0 unspecified atom stereocenters. The highest BCUT2D eigenvalue weighted by Gasteiger charge is 2.19. The maximum absolute atomic E-state index is 4.35. The Labute approximate surface area is 349 Å². The van der Waals surface area contributed by atoms with E-state index in [1.54, 1.807) is 0 Å². The molecule has 9 aromatic carbocycles. The van der Waals surface area contributed by atoms with Crippen LogP contribution < -0.4 is 4.90 Å². The summed E-state index contributed by atoms with van der Waals surface area (Å²) in [5, 5.41) is 4.86. The van der Waals surface area contributed by atoms with E-state index in [9.17, 15) is 0 Å². The second-order valence-electron chi connectivity index (χ2n) is 15.2. The molecular formula is C57H39N3. The summed E-state index contributed by atoms with van der Waals surface area (Å²) in [6.45, 7) is 0. The molecule has 0 amide bonds. The summed E-state index contributed by atoms with van der Waals surface area (Å²) in [6, 6.07) is 81.2. The fraction of sp³-hybridized carbons (Fsp3) is 0. The van der Waals surface area contributed by atoms with Crippen LogP contribution >= 0.6 is 0 Å². The van der Waals surface area contributed by atoms with E-state index >= 15 is 0 Å². The van der Waals surface area contributed by atoms with Crippen LogP contribution in [0.5, 0.6) is 0 Å². The molecule has 60 heavy (non-hydrogen) atoms. The number of hydrogen-bond donors (Lipinski definition) is 0. The molecule has 282 valence electrons. The number of para-hydroxylation sites is 3. The maximum atomic E-state index is 4.35. The van der Waals surface area contributed by atoms with Gasteiger partial charge in [-0.2, -0.15) is 0 Å². The van der Waals surface area contributed by atoms with Crippen molar-refractivity contribution in [2.24, 2.45) is 0 Å². The first kappa shape index (κ1) is 35.2. The van der Waals surface area contributed by atoms with Crippen molar-refractivity contribution in [2.45, 2.75) is 0 Å². The Hall–Kier alpha value is -8.01. The van der Waals surface area contributed by atoms with Gasteiger partial charge in [0, 0.05) is 51.5 Å². The first-order valence-corrected chi connectivity index (χ1v) is 20.4. The van der Waals surface area contributed by atoms with Crippen molar-refractivity contribution in [1.82, 2.24) is 9.55 Å². The number of anilines is 3. The van der Waals surface area contributed by atoms with Gasteiger partial charge in [0.05, 0.1) is 11.0 Å². The van der Waals surface area contributed by atoms with E-state index in [1.807, 2.05) is 18.5 Å². The fourth-order valence-corrected chi connectivity index (χ4v) is 8.86. The molecule has 0 atom stereocenters. The largest absolute Gasteiger partial charge is 0.310 e. The fourth-order valence-electron chi connectivity index (χ4n) is 8.86. The van der Waals surface area contributed by atoms with Gasteiger partial charge in [-0.05, 0) is 123 Å². The molecule has 0 saturated carbocycles. The molecule has 0 saturated heterocycles. The lowest BCUT2D eigenvalue weighted by Gasteiger charge is -2.26. The predicted octanol–water partition coefficient (Wildman–Crippen LogP) is 15.5. The van der Waals surface area contributed by atoms with Gasteiger partial charge in [-0.15, -0.1) is 0 Å². The number of pyridine rings is 1. The Morgan fingerprint density at radius 1 is 0.333 bits per heavy atom. The molecule has 11 rings (SSSR count). The lowest BCUT2D eigenvalue weighted by Crippen LogP contribution is -2.10. The third-order valence-corrected chi connectivity index (χ3v) is 11.7. The number of aromatic nitrogens is 2. The van der Waals surface area contributed by atoms with E-state index in [0.29, 0.717) is 0 Å². The van der Waals surface area contributed by atoms with Crippen LogP contribution in [0.15, 0.2) is 237 Å². The second kappa shape index (κ2) is 15.1. The molecule has 3 nitrogen and oxygen atoms in total. The summed E-state index contributed by atoms with van der Waals surface area (Å²) >= 11 is 0. The predicted molar refractivity (Wildman–Crippen MR) is 253 cm³/mol. The van der Waals surface area contributed by atoms with E-state index in [4.69, 9.17) is 0 Å². The van der Waals surface area contributed by atoms with Crippen molar-refractivity contribution < 1.29 is 0 Å². The minimum absolute atomic E-state index is 1.08. The number of nitrogens with zero attached hydrogens (tertiary/aromatic N) is 3. The van der Waals surface area contributed by atoms with Crippen LogP contribution in [-0.2, 0) is 0 Å². The van der Waals surface area contributed by atoms with Gasteiger partial charge in [-0.3, -0.25) is 4.98 Å².